The fourth-order valence-corrected chi connectivity index (χ4v) is 3.78. The Morgan fingerprint density at radius 3 is 1.36 bits per heavy atom. The number of nitrogens with zero attached hydrogens (tertiary/aromatic N) is 2. The highest BCUT2D eigenvalue weighted by Gasteiger charge is 2.34. The van der Waals surface area contributed by atoms with E-state index < -0.39 is 54.1 Å². The highest BCUT2D eigenvalue weighted by molar-refractivity contribution is 6.02. The average molecular weight is 719 g/mol. The maximum absolute atomic E-state index is 11.7. The van der Waals surface area contributed by atoms with Crippen LogP contribution in [0.3, 0.4) is 0 Å². The molecule has 2 heterocycles. The summed E-state index contributed by atoms with van der Waals surface area (Å²) in [6.07, 6.45) is 2.16. The van der Waals surface area contributed by atoms with E-state index in [4.69, 9.17) is 33.3 Å². The summed E-state index contributed by atoms with van der Waals surface area (Å²) < 4.78 is 32.1. The molecule has 0 saturated carbocycles. The zero-order chi connectivity index (χ0) is 37.7. The highest BCUT2D eigenvalue weighted by atomic mass is 16.7. The first-order chi connectivity index (χ1) is 24.1. The van der Waals surface area contributed by atoms with E-state index in [-0.39, 0.29) is 58.2 Å². The highest BCUT2D eigenvalue weighted by Crippen LogP contribution is 2.13. The van der Waals surface area contributed by atoms with E-state index >= 15 is 0 Å². The molecular formula is C33H54N2O15. The zero-order valence-electron chi connectivity index (χ0n) is 29.8. The van der Waals surface area contributed by atoms with Crippen molar-refractivity contribution in [3.05, 3.63) is 13.2 Å². The molecule has 2 aliphatic rings. The second-order valence-electron chi connectivity index (χ2n) is 10.6. The van der Waals surface area contributed by atoms with Crippen molar-refractivity contribution in [1.82, 2.24) is 10.1 Å². The normalized spacial score (nSPS) is 15.1. The minimum atomic E-state index is -1.03. The summed E-state index contributed by atoms with van der Waals surface area (Å²) in [4.78, 5) is 89.5. The molecule has 0 N–H and O–H groups in total. The maximum atomic E-state index is 11.7. The molecule has 0 bridgehead atoms. The van der Waals surface area contributed by atoms with Crippen LogP contribution in [0.15, 0.2) is 13.2 Å². The Labute approximate surface area is 293 Å². The Bertz CT molecular complexity index is 1020. The van der Waals surface area contributed by atoms with Crippen molar-refractivity contribution in [3.63, 3.8) is 0 Å². The third kappa shape index (κ3) is 20.7. The quantitative estimate of drug-likeness (QED) is 0.0463. The third-order valence-electron chi connectivity index (χ3n) is 6.06. The van der Waals surface area contributed by atoms with Crippen molar-refractivity contribution in [1.29, 1.82) is 0 Å². The first-order valence-corrected chi connectivity index (χ1v) is 16.8. The first kappa shape index (κ1) is 46.2. The summed E-state index contributed by atoms with van der Waals surface area (Å²) in [6, 6.07) is 0. The zero-order valence-corrected chi connectivity index (χ0v) is 29.8. The van der Waals surface area contributed by atoms with Crippen LogP contribution in [0, 0.1) is 0 Å². The number of ether oxygens (including phenoxy) is 6. The molecular weight excluding hydrogens is 664 g/mol. The van der Waals surface area contributed by atoms with E-state index in [1.165, 1.54) is 0 Å². The van der Waals surface area contributed by atoms with Crippen molar-refractivity contribution in [3.8, 4) is 0 Å². The molecule has 17 nitrogen and oxygen atoms in total. The van der Waals surface area contributed by atoms with Crippen molar-refractivity contribution >= 4 is 41.5 Å². The SMILES string of the molecule is C=C.CCCOCC(COC(=O)CC(=O)ON1C(=O)CCC1=O)OCCC.CCCOCC(COCC(=O)ON1C(=O)CCC1=O)OCCC. The minimum absolute atomic E-state index is 0.00916. The van der Waals surface area contributed by atoms with Crippen LogP contribution in [-0.2, 0) is 71.7 Å². The van der Waals surface area contributed by atoms with Gasteiger partial charge >= 0.3 is 17.9 Å². The minimum Gasteiger partial charge on any atom is -0.462 e. The fourth-order valence-electron chi connectivity index (χ4n) is 3.78. The summed E-state index contributed by atoms with van der Waals surface area (Å²) in [6.45, 7) is 16.6. The van der Waals surface area contributed by atoms with Crippen molar-refractivity contribution in [2.75, 3.05) is 59.5 Å². The number of carbonyl (C=O) groups is 7. The van der Waals surface area contributed by atoms with Gasteiger partial charge in [0.1, 0.15) is 31.8 Å². The van der Waals surface area contributed by atoms with Gasteiger partial charge in [-0.25, -0.2) is 9.59 Å². The van der Waals surface area contributed by atoms with Gasteiger partial charge in [-0.15, -0.1) is 23.3 Å². The predicted octanol–water partition coefficient (Wildman–Crippen LogP) is 2.38. The number of esters is 1. The Balaban J connectivity index is 0.000000918. The van der Waals surface area contributed by atoms with Crippen LogP contribution in [0.25, 0.3) is 0 Å². The van der Waals surface area contributed by atoms with E-state index in [0.29, 0.717) is 43.2 Å². The van der Waals surface area contributed by atoms with Crippen LogP contribution in [0.4, 0.5) is 0 Å². The monoisotopic (exact) mass is 718 g/mol. The van der Waals surface area contributed by atoms with Gasteiger partial charge in [0.15, 0.2) is 0 Å². The molecule has 2 rings (SSSR count). The predicted molar refractivity (Wildman–Crippen MR) is 174 cm³/mol. The average Bonchev–Trinajstić information content (AvgIpc) is 3.59. The molecule has 2 saturated heterocycles. The lowest BCUT2D eigenvalue weighted by molar-refractivity contribution is -0.201. The summed E-state index contributed by atoms with van der Waals surface area (Å²) in [7, 11) is 0. The van der Waals surface area contributed by atoms with Crippen LogP contribution in [0.2, 0.25) is 0 Å². The number of hydrogen-bond donors (Lipinski definition) is 0. The lowest BCUT2D eigenvalue weighted by atomic mass is 10.4. The number of carbonyl (C=O) groups excluding carboxylic acids is 7. The molecule has 2 unspecified atom stereocenters. The van der Waals surface area contributed by atoms with Crippen LogP contribution in [-0.4, -0.2) is 123 Å². The fraction of sp³-hybridized carbons (Fsp3) is 0.727. The lowest BCUT2D eigenvalue weighted by Gasteiger charge is -2.18. The summed E-state index contributed by atoms with van der Waals surface area (Å²) in [5, 5.41) is 0.891. The summed E-state index contributed by atoms with van der Waals surface area (Å²) >= 11 is 0. The number of hydrogen-bond acceptors (Lipinski definition) is 15. The van der Waals surface area contributed by atoms with Crippen molar-refractivity contribution in [2.45, 2.75) is 97.7 Å². The van der Waals surface area contributed by atoms with Crippen LogP contribution in [0.1, 0.15) is 85.5 Å². The van der Waals surface area contributed by atoms with E-state index in [9.17, 15) is 33.6 Å². The third-order valence-corrected chi connectivity index (χ3v) is 6.06. The largest absolute Gasteiger partial charge is 0.462 e. The molecule has 17 heteroatoms. The Kier molecular flexibility index (Phi) is 26.8. The van der Waals surface area contributed by atoms with Gasteiger partial charge in [0, 0.05) is 52.1 Å². The molecule has 0 aromatic carbocycles. The van der Waals surface area contributed by atoms with Gasteiger partial charge in [-0.1, -0.05) is 27.7 Å². The molecule has 0 aromatic rings. The Morgan fingerprint density at radius 1 is 0.560 bits per heavy atom. The first-order valence-electron chi connectivity index (χ1n) is 16.8. The van der Waals surface area contributed by atoms with Gasteiger partial charge in [0.25, 0.3) is 23.6 Å². The molecule has 4 amide bonds. The molecule has 0 aromatic heterocycles. The van der Waals surface area contributed by atoms with E-state index in [0.717, 1.165) is 25.7 Å². The van der Waals surface area contributed by atoms with E-state index in [2.05, 4.69) is 18.0 Å². The van der Waals surface area contributed by atoms with Gasteiger partial charge in [0.2, 0.25) is 0 Å². The molecule has 0 spiro atoms. The van der Waals surface area contributed by atoms with Gasteiger partial charge in [-0.2, -0.15) is 0 Å². The number of hydroxylamine groups is 4. The molecule has 2 fully saturated rings. The number of amides is 4. The molecule has 286 valence electrons. The standard InChI is InChI=1S/C16H25NO8.C15H25NO7.C2H4/c1-3-7-22-10-12(23-8-4-2)11-24-15(20)9-16(21)25-17-13(18)5-6-14(17)19;1-3-7-20-9-12(22-8-4-2)10-21-11-15(19)23-16-13(17)5-6-14(16)18;1-2/h12H,3-11H2,1-2H3;12H,3-11H2,1-2H3;1-2H2. The maximum Gasteiger partial charge on any atom is 0.358 e. The Morgan fingerprint density at radius 2 is 0.940 bits per heavy atom. The topological polar surface area (TPSA) is 200 Å². The summed E-state index contributed by atoms with van der Waals surface area (Å²) in [5.74, 6) is -4.88. The number of imide groups is 2. The second-order valence-corrected chi connectivity index (χ2v) is 10.6. The second kappa shape index (κ2) is 29.0. The van der Waals surface area contributed by atoms with Crippen LogP contribution >= 0.6 is 0 Å². The van der Waals surface area contributed by atoms with Crippen molar-refractivity contribution < 1.29 is 71.7 Å². The molecule has 0 radical (unpaired) electrons. The lowest BCUT2D eigenvalue weighted by Crippen LogP contribution is -2.34. The molecule has 50 heavy (non-hydrogen) atoms. The van der Waals surface area contributed by atoms with Crippen molar-refractivity contribution in [2.24, 2.45) is 0 Å². The van der Waals surface area contributed by atoms with Gasteiger partial charge in [0.05, 0.1) is 19.8 Å². The van der Waals surface area contributed by atoms with Gasteiger partial charge in [-0.05, 0) is 25.7 Å². The Hall–Kier alpha value is -3.77. The van der Waals surface area contributed by atoms with Gasteiger partial charge in [-0.3, -0.25) is 24.0 Å². The smallest absolute Gasteiger partial charge is 0.358 e. The molecule has 0 aliphatic carbocycles. The molecule has 2 atom stereocenters. The van der Waals surface area contributed by atoms with E-state index in [1.807, 2.05) is 27.7 Å². The summed E-state index contributed by atoms with van der Waals surface area (Å²) in [5.41, 5.74) is 0. The van der Waals surface area contributed by atoms with Crippen LogP contribution < -0.4 is 0 Å². The number of rotatable bonds is 24. The van der Waals surface area contributed by atoms with Gasteiger partial charge < -0.3 is 38.1 Å². The van der Waals surface area contributed by atoms with Crippen LogP contribution in [0.5, 0.6) is 0 Å². The molecule has 2 aliphatic heterocycles. The van der Waals surface area contributed by atoms with E-state index in [1.54, 1.807) is 0 Å².